The maximum atomic E-state index is 9.35. The molecule has 0 spiro atoms. The van der Waals surface area contributed by atoms with E-state index >= 15 is 0 Å². The van der Waals surface area contributed by atoms with Crippen LogP contribution in [0.2, 0.25) is 0 Å². The molecule has 1 unspecified atom stereocenters. The highest BCUT2D eigenvalue weighted by molar-refractivity contribution is 9.10. The molecule has 0 aliphatic rings. The molecule has 4 nitrogen and oxygen atoms in total. The van der Waals surface area contributed by atoms with Gasteiger partial charge < -0.3 is 19.9 Å². The number of aliphatic hydroxyl groups is 1. The molecule has 0 saturated carbocycles. The average Bonchev–Trinajstić information content (AvgIpc) is 2.55. The Morgan fingerprint density at radius 3 is 2.48 bits per heavy atom. The molecule has 1 atom stereocenters. The third-order valence-corrected chi connectivity index (χ3v) is 4.23. The van der Waals surface area contributed by atoms with Crippen LogP contribution >= 0.6 is 15.9 Å². The highest BCUT2D eigenvalue weighted by atomic mass is 79.9. The molecule has 25 heavy (non-hydrogen) atoms. The van der Waals surface area contributed by atoms with Crippen LogP contribution < -0.4 is 14.8 Å². The van der Waals surface area contributed by atoms with Crippen molar-refractivity contribution in [3.8, 4) is 11.5 Å². The molecular formula is C20H26BrNO3. The Bertz CT molecular complexity index is 671. The van der Waals surface area contributed by atoms with Crippen molar-refractivity contribution >= 4 is 15.9 Å². The first-order valence-electron chi connectivity index (χ1n) is 8.52. The van der Waals surface area contributed by atoms with Gasteiger partial charge in [-0.05, 0) is 60.0 Å². The van der Waals surface area contributed by atoms with Gasteiger partial charge in [0.25, 0.3) is 0 Å². The molecule has 0 radical (unpaired) electrons. The van der Waals surface area contributed by atoms with Crippen molar-refractivity contribution in [1.82, 2.24) is 5.32 Å². The van der Waals surface area contributed by atoms with Gasteiger partial charge in [0, 0.05) is 13.1 Å². The van der Waals surface area contributed by atoms with Crippen molar-refractivity contribution in [2.45, 2.75) is 40.0 Å². The van der Waals surface area contributed by atoms with Gasteiger partial charge in [0.1, 0.15) is 6.61 Å². The van der Waals surface area contributed by atoms with Gasteiger partial charge >= 0.3 is 0 Å². The van der Waals surface area contributed by atoms with Crippen LogP contribution in [0.5, 0.6) is 11.5 Å². The van der Waals surface area contributed by atoms with Crippen LogP contribution in [-0.2, 0) is 13.2 Å². The van der Waals surface area contributed by atoms with Crippen LogP contribution in [0.15, 0.2) is 40.9 Å². The lowest BCUT2D eigenvalue weighted by Crippen LogP contribution is -2.23. The largest absolute Gasteiger partial charge is 0.490 e. The van der Waals surface area contributed by atoms with Gasteiger partial charge in [-0.3, -0.25) is 0 Å². The Labute approximate surface area is 158 Å². The lowest BCUT2D eigenvalue weighted by molar-refractivity contribution is 0.191. The summed E-state index contributed by atoms with van der Waals surface area (Å²) in [4.78, 5) is 0. The molecule has 0 saturated heterocycles. The predicted octanol–water partition coefficient (Wildman–Crippen LogP) is 4.21. The molecule has 0 heterocycles. The third kappa shape index (κ3) is 6.34. The van der Waals surface area contributed by atoms with Crippen LogP contribution in [0.25, 0.3) is 0 Å². The zero-order chi connectivity index (χ0) is 18.2. The first kappa shape index (κ1) is 19.8. The van der Waals surface area contributed by atoms with Crippen molar-refractivity contribution in [1.29, 1.82) is 0 Å². The number of halogens is 1. The van der Waals surface area contributed by atoms with Gasteiger partial charge in [0.15, 0.2) is 11.5 Å². The maximum absolute atomic E-state index is 9.35. The average molecular weight is 408 g/mol. The van der Waals surface area contributed by atoms with Crippen molar-refractivity contribution < 1.29 is 14.6 Å². The van der Waals surface area contributed by atoms with E-state index in [-0.39, 0.29) is 6.10 Å². The molecule has 2 aromatic rings. The number of rotatable bonds is 9. The number of hydrogen-bond acceptors (Lipinski definition) is 4. The molecule has 136 valence electrons. The molecule has 0 fully saturated rings. The highest BCUT2D eigenvalue weighted by Gasteiger charge is 2.13. The van der Waals surface area contributed by atoms with E-state index in [4.69, 9.17) is 9.47 Å². The van der Waals surface area contributed by atoms with E-state index in [1.54, 1.807) is 6.92 Å². The van der Waals surface area contributed by atoms with Crippen molar-refractivity contribution in [3.63, 3.8) is 0 Å². The second-order valence-corrected chi connectivity index (χ2v) is 6.95. The fourth-order valence-corrected chi connectivity index (χ4v) is 3.00. The molecule has 0 bridgehead atoms. The topological polar surface area (TPSA) is 50.7 Å². The van der Waals surface area contributed by atoms with Gasteiger partial charge in [0.2, 0.25) is 0 Å². The number of nitrogens with one attached hydrogen (secondary N) is 1. The van der Waals surface area contributed by atoms with Gasteiger partial charge in [0.05, 0.1) is 17.2 Å². The van der Waals surface area contributed by atoms with Crippen molar-refractivity contribution in [2.75, 3.05) is 13.2 Å². The van der Waals surface area contributed by atoms with Gasteiger partial charge in [-0.1, -0.05) is 29.8 Å². The maximum Gasteiger partial charge on any atom is 0.175 e. The summed E-state index contributed by atoms with van der Waals surface area (Å²) >= 11 is 3.59. The molecule has 0 aliphatic heterocycles. The van der Waals surface area contributed by atoms with E-state index in [9.17, 15) is 5.11 Å². The summed E-state index contributed by atoms with van der Waals surface area (Å²) in [6, 6.07) is 12.3. The number of benzene rings is 2. The quantitative estimate of drug-likeness (QED) is 0.653. The summed E-state index contributed by atoms with van der Waals surface area (Å²) in [5.74, 6) is 1.43. The Morgan fingerprint density at radius 2 is 1.84 bits per heavy atom. The van der Waals surface area contributed by atoms with Gasteiger partial charge in [-0.25, -0.2) is 0 Å². The first-order chi connectivity index (χ1) is 12.0. The Balaban J connectivity index is 2.11. The van der Waals surface area contributed by atoms with Crippen molar-refractivity contribution in [3.05, 3.63) is 57.6 Å². The van der Waals surface area contributed by atoms with E-state index < -0.39 is 0 Å². The van der Waals surface area contributed by atoms with Crippen LogP contribution in [-0.4, -0.2) is 24.4 Å². The summed E-state index contributed by atoms with van der Waals surface area (Å²) in [5.41, 5.74) is 3.41. The van der Waals surface area contributed by atoms with E-state index in [1.165, 1.54) is 5.56 Å². The van der Waals surface area contributed by atoms with E-state index in [1.807, 2.05) is 19.1 Å². The molecule has 0 aromatic heterocycles. The Kier molecular flexibility index (Phi) is 7.75. The van der Waals surface area contributed by atoms with E-state index in [0.717, 1.165) is 21.3 Å². The standard InChI is InChI=1S/C20H26BrNO3/c1-4-24-19-10-17(12-22-11-15(3)23)9-18(21)20(19)25-13-16-7-5-14(2)6-8-16/h5-10,15,22-23H,4,11-13H2,1-3H3. The lowest BCUT2D eigenvalue weighted by Gasteiger charge is -2.16. The zero-order valence-electron chi connectivity index (χ0n) is 15.0. The third-order valence-electron chi connectivity index (χ3n) is 3.64. The minimum Gasteiger partial charge on any atom is -0.490 e. The Morgan fingerprint density at radius 1 is 1.12 bits per heavy atom. The normalized spacial score (nSPS) is 12.0. The Hall–Kier alpha value is -1.56. The molecule has 2 N–H and O–H groups in total. The smallest absolute Gasteiger partial charge is 0.175 e. The van der Waals surface area contributed by atoms with Gasteiger partial charge in [-0.2, -0.15) is 0 Å². The molecule has 0 amide bonds. The fraction of sp³-hybridized carbons (Fsp3) is 0.400. The van der Waals surface area contributed by atoms with E-state index in [0.29, 0.717) is 32.1 Å². The first-order valence-corrected chi connectivity index (χ1v) is 9.31. The monoisotopic (exact) mass is 407 g/mol. The van der Waals surface area contributed by atoms with Crippen LogP contribution in [0.1, 0.15) is 30.5 Å². The zero-order valence-corrected chi connectivity index (χ0v) is 16.6. The number of aryl methyl sites for hydroxylation is 1. The molecule has 2 aromatic carbocycles. The number of hydrogen-bond donors (Lipinski definition) is 2. The van der Waals surface area contributed by atoms with Crippen LogP contribution in [0.4, 0.5) is 0 Å². The minimum atomic E-state index is -0.369. The SMILES string of the molecule is CCOc1cc(CNCC(C)O)cc(Br)c1OCc1ccc(C)cc1. The summed E-state index contributed by atoms with van der Waals surface area (Å²) < 4.78 is 12.6. The number of ether oxygens (including phenoxy) is 2. The lowest BCUT2D eigenvalue weighted by atomic mass is 10.1. The van der Waals surface area contributed by atoms with Crippen LogP contribution in [0.3, 0.4) is 0 Å². The molecule has 2 rings (SSSR count). The minimum absolute atomic E-state index is 0.369. The second kappa shape index (κ2) is 9.80. The van der Waals surface area contributed by atoms with Gasteiger partial charge in [-0.15, -0.1) is 0 Å². The molecule has 5 heteroatoms. The summed E-state index contributed by atoms with van der Waals surface area (Å²) in [7, 11) is 0. The predicted molar refractivity (Wildman–Crippen MR) is 104 cm³/mol. The number of aliphatic hydroxyl groups excluding tert-OH is 1. The second-order valence-electron chi connectivity index (χ2n) is 6.09. The van der Waals surface area contributed by atoms with E-state index in [2.05, 4.69) is 52.4 Å². The summed E-state index contributed by atoms with van der Waals surface area (Å²) in [6.45, 7) is 8.04. The highest BCUT2D eigenvalue weighted by Crippen LogP contribution is 2.37. The summed E-state index contributed by atoms with van der Waals surface area (Å²) in [5, 5.41) is 12.6. The van der Waals surface area contributed by atoms with Crippen LogP contribution in [0, 0.1) is 6.92 Å². The fourth-order valence-electron chi connectivity index (χ4n) is 2.39. The molecule has 0 aliphatic carbocycles. The van der Waals surface area contributed by atoms with Crippen molar-refractivity contribution in [2.24, 2.45) is 0 Å². The summed E-state index contributed by atoms with van der Waals surface area (Å²) in [6.07, 6.45) is -0.369. The molecular weight excluding hydrogens is 382 g/mol.